The summed E-state index contributed by atoms with van der Waals surface area (Å²) < 4.78 is 16.1. The molecule has 128 valence electrons. The van der Waals surface area contributed by atoms with Gasteiger partial charge in [-0.2, -0.15) is 0 Å². The van der Waals surface area contributed by atoms with Gasteiger partial charge in [0.15, 0.2) is 17.5 Å². The van der Waals surface area contributed by atoms with Crippen molar-refractivity contribution in [2.24, 2.45) is 10.9 Å². The van der Waals surface area contributed by atoms with Crippen LogP contribution in [0.25, 0.3) is 0 Å². The van der Waals surface area contributed by atoms with E-state index in [4.69, 9.17) is 14.2 Å². The summed E-state index contributed by atoms with van der Waals surface area (Å²) >= 11 is 0. The Balaban J connectivity index is 2.12. The molecule has 2 N–H and O–H groups in total. The fourth-order valence-electron chi connectivity index (χ4n) is 2.28. The van der Waals surface area contributed by atoms with Gasteiger partial charge in [-0.05, 0) is 31.7 Å². The number of nitrogens with one attached hydrogen (secondary N) is 2. The lowest BCUT2D eigenvalue weighted by Gasteiger charge is -2.14. The van der Waals surface area contributed by atoms with E-state index in [-0.39, 0.29) is 0 Å². The SMILES string of the molecule is CCNC(=NCc1cc(OC)c(OC)cc1OC)NCC1CC1. The highest BCUT2D eigenvalue weighted by Crippen LogP contribution is 2.34. The molecule has 0 aromatic heterocycles. The molecule has 0 unspecified atom stereocenters. The van der Waals surface area contributed by atoms with Crippen LogP contribution in [0, 0.1) is 5.92 Å². The smallest absolute Gasteiger partial charge is 0.191 e. The number of ether oxygens (including phenoxy) is 3. The van der Waals surface area contributed by atoms with Gasteiger partial charge in [-0.15, -0.1) is 0 Å². The summed E-state index contributed by atoms with van der Waals surface area (Å²) in [6.07, 6.45) is 2.63. The van der Waals surface area contributed by atoms with Gasteiger partial charge >= 0.3 is 0 Å². The summed E-state index contributed by atoms with van der Waals surface area (Å²) in [4.78, 5) is 4.64. The van der Waals surface area contributed by atoms with E-state index < -0.39 is 0 Å². The molecule has 0 radical (unpaired) electrons. The number of rotatable bonds is 8. The van der Waals surface area contributed by atoms with Gasteiger partial charge in [-0.1, -0.05) is 0 Å². The summed E-state index contributed by atoms with van der Waals surface area (Å²) in [5.41, 5.74) is 0.953. The number of guanidine groups is 1. The van der Waals surface area contributed by atoms with E-state index in [1.807, 2.05) is 12.1 Å². The number of benzene rings is 1. The fraction of sp³-hybridized carbons (Fsp3) is 0.588. The van der Waals surface area contributed by atoms with Crippen molar-refractivity contribution in [1.29, 1.82) is 0 Å². The van der Waals surface area contributed by atoms with Crippen LogP contribution in [0.5, 0.6) is 17.2 Å². The molecule has 1 fully saturated rings. The van der Waals surface area contributed by atoms with Crippen molar-refractivity contribution in [1.82, 2.24) is 10.6 Å². The molecular formula is C17H27N3O3. The zero-order valence-corrected chi connectivity index (χ0v) is 14.4. The normalized spacial score (nSPS) is 14.3. The molecule has 0 aliphatic heterocycles. The van der Waals surface area contributed by atoms with Crippen molar-refractivity contribution in [3.05, 3.63) is 17.7 Å². The number of aliphatic imine (C=N–C) groups is 1. The average molecular weight is 321 g/mol. The van der Waals surface area contributed by atoms with Crippen LogP contribution in [-0.4, -0.2) is 40.4 Å². The highest BCUT2D eigenvalue weighted by atomic mass is 16.5. The number of hydrogen-bond donors (Lipinski definition) is 2. The van der Waals surface area contributed by atoms with E-state index in [0.717, 1.165) is 36.3 Å². The Labute approximate surface area is 138 Å². The summed E-state index contributed by atoms with van der Waals surface area (Å²) in [5, 5.41) is 6.65. The highest BCUT2D eigenvalue weighted by Gasteiger charge is 2.21. The lowest BCUT2D eigenvalue weighted by atomic mass is 10.1. The summed E-state index contributed by atoms with van der Waals surface area (Å²) in [6, 6.07) is 3.74. The molecule has 0 atom stereocenters. The minimum atomic E-state index is 0.503. The maximum Gasteiger partial charge on any atom is 0.191 e. The van der Waals surface area contributed by atoms with Crippen molar-refractivity contribution in [2.75, 3.05) is 34.4 Å². The summed E-state index contributed by atoms with van der Waals surface area (Å²) in [5.74, 6) is 3.69. The average Bonchev–Trinajstić information content (AvgIpc) is 3.40. The third-order valence-electron chi connectivity index (χ3n) is 3.79. The second-order valence-electron chi connectivity index (χ2n) is 5.54. The van der Waals surface area contributed by atoms with Crippen molar-refractivity contribution in [3.63, 3.8) is 0 Å². The first-order valence-corrected chi connectivity index (χ1v) is 8.02. The molecule has 1 saturated carbocycles. The standard InChI is InChI=1S/C17H27N3O3/c1-5-18-17(19-10-12-6-7-12)20-11-13-8-15(22-3)16(23-4)9-14(13)21-2/h8-9,12H,5-7,10-11H2,1-4H3,(H2,18,19,20). The number of hydrogen-bond acceptors (Lipinski definition) is 4. The number of methoxy groups -OCH3 is 3. The molecule has 6 nitrogen and oxygen atoms in total. The first kappa shape index (κ1) is 17.2. The molecule has 23 heavy (non-hydrogen) atoms. The molecule has 0 saturated heterocycles. The van der Waals surface area contributed by atoms with Gasteiger partial charge in [0.1, 0.15) is 5.75 Å². The van der Waals surface area contributed by atoms with Crippen LogP contribution in [0.2, 0.25) is 0 Å². The second-order valence-corrected chi connectivity index (χ2v) is 5.54. The van der Waals surface area contributed by atoms with Gasteiger partial charge in [0.25, 0.3) is 0 Å². The maximum absolute atomic E-state index is 5.44. The van der Waals surface area contributed by atoms with Gasteiger partial charge in [0.2, 0.25) is 0 Å². The lowest BCUT2D eigenvalue weighted by molar-refractivity contribution is 0.347. The molecular weight excluding hydrogens is 294 g/mol. The Hall–Kier alpha value is -2.11. The molecule has 1 aliphatic carbocycles. The van der Waals surface area contributed by atoms with Crippen molar-refractivity contribution in [3.8, 4) is 17.2 Å². The van der Waals surface area contributed by atoms with Crippen LogP contribution < -0.4 is 24.8 Å². The van der Waals surface area contributed by atoms with Crippen LogP contribution in [-0.2, 0) is 6.54 Å². The predicted molar refractivity (Wildman–Crippen MR) is 91.6 cm³/mol. The molecule has 0 heterocycles. The van der Waals surface area contributed by atoms with E-state index in [2.05, 4.69) is 22.5 Å². The van der Waals surface area contributed by atoms with Crippen molar-refractivity contribution < 1.29 is 14.2 Å². The Morgan fingerprint density at radius 3 is 2.26 bits per heavy atom. The largest absolute Gasteiger partial charge is 0.496 e. The Morgan fingerprint density at radius 2 is 1.70 bits per heavy atom. The lowest BCUT2D eigenvalue weighted by Crippen LogP contribution is -2.38. The summed E-state index contributed by atoms with van der Waals surface area (Å²) in [7, 11) is 4.88. The molecule has 1 aromatic rings. The van der Waals surface area contributed by atoms with E-state index in [9.17, 15) is 0 Å². The summed E-state index contributed by atoms with van der Waals surface area (Å²) in [6.45, 7) is 4.38. The van der Waals surface area contributed by atoms with Crippen molar-refractivity contribution >= 4 is 5.96 Å². The van der Waals surface area contributed by atoms with E-state index >= 15 is 0 Å². The van der Waals surface area contributed by atoms with E-state index in [1.165, 1.54) is 12.8 Å². The maximum atomic E-state index is 5.44. The number of nitrogens with zero attached hydrogens (tertiary/aromatic N) is 1. The predicted octanol–water partition coefficient (Wildman–Crippen LogP) is 2.18. The van der Waals surface area contributed by atoms with Crippen LogP contribution >= 0.6 is 0 Å². The van der Waals surface area contributed by atoms with Gasteiger partial charge in [0, 0.05) is 24.7 Å². The van der Waals surface area contributed by atoms with E-state index in [1.54, 1.807) is 21.3 Å². The molecule has 1 aliphatic rings. The Morgan fingerprint density at radius 1 is 1.04 bits per heavy atom. The van der Waals surface area contributed by atoms with Gasteiger partial charge in [-0.25, -0.2) is 4.99 Å². The van der Waals surface area contributed by atoms with Gasteiger partial charge < -0.3 is 24.8 Å². The van der Waals surface area contributed by atoms with Crippen LogP contribution in [0.1, 0.15) is 25.3 Å². The quantitative estimate of drug-likeness (QED) is 0.567. The zero-order valence-electron chi connectivity index (χ0n) is 14.4. The van der Waals surface area contributed by atoms with Gasteiger partial charge in [-0.3, -0.25) is 0 Å². The molecule has 2 rings (SSSR count). The van der Waals surface area contributed by atoms with Crippen LogP contribution in [0.4, 0.5) is 0 Å². The van der Waals surface area contributed by atoms with Crippen LogP contribution in [0.3, 0.4) is 0 Å². The molecule has 1 aromatic carbocycles. The molecule has 0 spiro atoms. The molecule has 0 bridgehead atoms. The Kier molecular flexibility index (Phi) is 6.38. The monoisotopic (exact) mass is 321 g/mol. The van der Waals surface area contributed by atoms with Crippen molar-refractivity contribution in [2.45, 2.75) is 26.3 Å². The minimum Gasteiger partial charge on any atom is -0.496 e. The highest BCUT2D eigenvalue weighted by molar-refractivity contribution is 5.79. The molecule has 6 heteroatoms. The van der Waals surface area contributed by atoms with Gasteiger partial charge in [0.05, 0.1) is 27.9 Å². The first-order chi connectivity index (χ1) is 11.2. The van der Waals surface area contributed by atoms with Crippen LogP contribution in [0.15, 0.2) is 17.1 Å². The third kappa shape index (κ3) is 4.94. The molecule has 0 amide bonds. The Bertz CT molecular complexity index is 542. The zero-order chi connectivity index (χ0) is 16.7. The van der Waals surface area contributed by atoms with E-state index in [0.29, 0.717) is 18.0 Å². The minimum absolute atomic E-state index is 0.503. The first-order valence-electron chi connectivity index (χ1n) is 8.02. The third-order valence-corrected chi connectivity index (χ3v) is 3.79. The topological polar surface area (TPSA) is 64.1 Å². The second kappa shape index (κ2) is 8.50. The fourth-order valence-corrected chi connectivity index (χ4v) is 2.28.